The molecular formula is C32H34ClN3O5S. The van der Waals surface area contributed by atoms with Crippen molar-refractivity contribution in [2.45, 2.75) is 36.3 Å². The van der Waals surface area contributed by atoms with Gasteiger partial charge in [0.1, 0.15) is 11.8 Å². The van der Waals surface area contributed by atoms with Gasteiger partial charge in [-0.15, -0.1) is 11.8 Å². The second kappa shape index (κ2) is 10.8. The molecule has 2 saturated heterocycles. The topological polar surface area (TPSA) is 90.4 Å². The standard InChI is InChI=1S/C32H34ClN3O5S/c1-4-41-22-12-10-21(11-13-22)34-16-6-14-31(3)24(28(34)38)25-29(39)36(18-19-37)27-30(40)35(17-7-15-32(25,27)42-31)26-20(2)8-5-9-23(26)33/h5-15,24-25,27,37H,4,16-19H2,1-3H3/t24-,25+,27?,31+,32+/m1/s1. The number of carbonyl (C=O) groups excluding carboxylic acids is 3. The number of aryl methyl sites for hydroxylation is 1. The predicted octanol–water partition coefficient (Wildman–Crippen LogP) is 4.23. The van der Waals surface area contributed by atoms with Crippen LogP contribution < -0.4 is 14.5 Å². The Labute approximate surface area is 254 Å². The van der Waals surface area contributed by atoms with Crippen molar-refractivity contribution in [2.75, 3.05) is 42.6 Å². The van der Waals surface area contributed by atoms with E-state index in [-0.39, 0.29) is 37.4 Å². The first-order valence-corrected chi connectivity index (χ1v) is 15.4. The fraction of sp³-hybridized carbons (Fsp3) is 0.406. The van der Waals surface area contributed by atoms with Gasteiger partial charge in [-0.05, 0) is 56.7 Å². The second-order valence-electron chi connectivity index (χ2n) is 11.3. The van der Waals surface area contributed by atoms with Gasteiger partial charge in [0.15, 0.2) is 0 Å². The lowest BCUT2D eigenvalue weighted by molar-refractivity contribution is -0.139. The van der Waals surface area contributed by atoms with Gasteiger partial charge >= 0.3 is 0 Å². The van der Waals surface area contributed by atoms with Crippen molar-refractivity contribution in [3.05, 3.63) is 77.4 Å². The maximum atomic E-state index is 14.5. The number of para-hydroxylation sites is 1. The second-order valence-corrected chi connectivity index (χ2v) is 13.5. The predicted molar refractivity (Wildman–Crippen MR) is 165 cm³/mol. The molecule has 4 aliphatic rings. The molecule has 4 aliphatic heterocycles. The van der Waals surface area contributed by atoms with Crippen molar-refractivity contribution < 1.29 is 24.2 Å². The third kappa shape index (κ3) is 4.28. The normalized spacial score (nSPS) is 30.3. The van der Waals surface area contributed by atoms with Crippen LogP contribution in [0.2, 0.25) is 5.02 Å². The summed E-state index contributed by atoms with van der Waals surface area (Å²) >= 11 is 8.12. The molecule has 3 amide bonds. The van der Waals surface area contributed by atoms with Crippen LogP contribution in [0.1, 0.15) is 19.4 Å². The molecule has 10 heteroatoms. The number of rotatable bonds is 6. The summed E-state index contributed by atoms with van der Waals surface area (Å²) in [7, 11) is 0. The van der Waals surface area contributed by atoms with Gasteiger partial charge in [0.2, 0.25) is 11.8 Å². The number of halogens is 1. The first-order chi connectivity index (χ1) is 20.2. The molecule has 0 aromatic heterocycles. The monoisotopic (exact) mass is 607 g/mol. The van der Waals surface area contributed by atoms with Crippen LogP contribution in [-0.2, 0) is 14.4 Å². The molecular weight excluding hydrogens is 574 g/mol. The van der Waals surface area contributed by atoms with Gasteiger partial charge in [-0.3, -0.25) is 14.4 Å². The summed E-state index contributed by atoms with van der Waals surface area (Å²) in [4.78, 5) is 48.2. The number of carbonyl (C=O) groups is 3. The van der Waals surface area contributed by atoms with Gasteiger partial charge in [0.25, 0.3) is 5.91 Å². The molecule has 2 aromatic carbocycles. The number of fused-ring (bicyclic) bond motifs is 2. The summed E-state index contributed by atoms with van der Waals surface area (Å²) < 4.78 is 3.84. The van der Waals surface area contributed by atoms with Crippen molar-refractivity contribution in [1.29, 1.82) is 0 Å². The quantitative estimate of drug-likeness (QED) is 0.495. The number of nitrogens with zero attached hydrogens (tertiary/aromatic N) is 3. The van der Waals surface area contributed by atoms with E-state index >= 15 is 0 Å². The van der Waals surface area contributed by atoms with Crippen molar-refractivity contribution in [3.63, 3.8) is 0 Å². The van der Waals surface area contributed by atoms with Crippen LogP contribution >= 0.6 is 23.4 Å². The molecule has 4 heterocycles. The molecule has 42 heavy (non-hydrogen) atoms. The van der Waals surface area contributed by atoms with Crippen LogP contribution in [0.15, 0.2) is 66.8 Å². The van der Waals surface area contributed by atoms with E-state index in [0.29, 0.717) is 35.3 Å². The zero-order valence-corrected chi connectivity index (χ0v) is 25.4. The molecule has 1 unspecified atom stereocenters. The number of amides is 3. The van der Waals surface area contributed by atoms with Gasteiger partial charge in [-0.25, -0.2) is 0 Å². The van der Waals surface area contributed by atoms with Gasteiger partial charge in [0.05, 0.1) is 40.5 Å². The fourth-order valence-corrected chi connectivity index (χ4v) is 9.64. The van der Waals surface area contributed by atoms with Crippen molar-refractivity contribution in [1.82, 2.24) is 4.90 Å². The summed E-state index contributed by atoms with van der Waals surface area (Å²) in [5, 5.41) is 10.4. The van der Waals surface area contributed by atoms with Gasteiger partial charge in [-0.2, -0.15) is 0 Å². The van der Waals surface area contributed by atoms with Crippen LogP contribution in [-0.4, -0.2) is 76.1 Å². The Hall–Kier alpha value is -3.27. The molecule has 0 saturated carbocycles. The van der Waals surface area contributed by atoms with Crippen LogP contribution in [0.4, 0.5) is 11.4 Å². The molecule has 5 atom stereocenters. The molecule has 0 bridgehead atoms. The van der Waals surface area contributed by atoms with Crippen molar-refractivity contribution in [2.24, 2.45) is 11.8 Å². The SMILES string of the molecule is CCOc1ccc(N2CC=C[C@]3(C)S[C@]45C=CCN(c6c(C)cccc6Cl)C(=O)C4N(CCO)C(=O)[C@@H]5[C@@H]3C2=O)cc1. The number of ether oxygens (including phenoxy) is 1. The van der Waals surface area contributed by atoms with Crippen LogP contribution in [0, 0.1) is 18.8 Å². The Morgan fingerprint density at radius 1 is 0.976 bits per heavy atom. The van der Waals surface area contributed by atoms with Gasteiger partial charge in [0, 0.05) is 30.1 Å². The van der Waals surface area contributed by atoms with Crippen LogP contribution in [0.3, 0.4) is 0 Å². The Bertz CT molecular complexity index is 1480. The van der Waals surface area contributed by atoms with E-state index in [4.69, 9.17) is 16.3 Å². The molecule has 1 spiro atoms. The highest BCUT2D eigenvalue weighted by Crippen LogP contribution is 2.65. The highest BCUT2D eigenvalue weighted by atomic mass is 35.5. The fourth-order valence-electron chi connectivity index (χ4n) is 7.16. The number of β-amino-alcohol motifs (C(OH)–C–C–N with tert-alkyl or cyclic N) is 1. The summed E-state index contributed by atoms with van der Waals surface area (Å²) in [6, 6.07) is 12.0. The van der Waals surface area contributed by atoms with E-state index < -0.39 is 27.4 Å². The minimum absolute atomic E-state index is 0.00664. The lowest BCUT2D eigenvalue weighted by Gasteiger charge is -2.37. The maximum absolute atomic E-state index is 14.5. The largest absolute Gasteiger partial charge is 0.494 e. The highest BCUT2D eigenvalue weighted by molar-refractivity contribution is 8.02. The Morgan fingerprint density at radius 3 is 2.38 bits per heavy atom. The average Bonchev–Trinajstić information content (AvgIpc) is 3.22. The lowest BCUT2D eigenvalue weighted by atomic mass is 9.74. The molecule has 2 aromatic rings. The molecule has 220 valence electrons. The first-order valence-electron chi connectivity index (χ1n) is 14.2. The van der Waals surface area contributed by atoms with E-state index in [0.717, 1.165) is 5.56 Å². The molecule has 2 fully saturated rings. The number of thioether (sulfide) groups is 1. The maximum Gasteiger partial charge on any atom is 0.251 e. The first kappa shape index (κ1) is 28.8. The smallest absolute Gasteiger partial charge is 0.251 e. The van der Waals surface area contributed by atoms with E-state index in [1.807, 2.05) is 81.5 Å². The minimum atomic E-state index is -1.01. The van der Waals surface area contributed by atoms with Crippen LogP contribution in [0.25, 0.3) is 0 Å². The summed E-state index contributed by atoms with van der Waals surface area (Å²) in [5.41, 5.74) is 2.16. The number of anilines is 2. The summed E-state index contributed by atoms with van der Waals surface area (Å²) in [5.74, 6) is -1.53. The minimum Gasteiger partial charge on any atom is -0.494 e. The average molecular weight is 608 g/mol. The van der Waals surface area contributed by atoms with Crippen molar-refractivity contribution >= 4 is 52.5 Å². The van der Waals surface area contributed by atoms with Gasteiger partial charge in [-0.1, -0.05) is 48.0 Å². The van der Waals surface area contributed by atoms with Crippen LogP contribution in [0.5, 0.6) is 5.75 Å². The molecule has 6 rings (SSSR count). The zero-order valence-electron chi connectivity index (χ0n) is 23.8. The summed E-state index contributed by atoms with van der Waals surface area (Å²) in [6.07, 6.45) is 7.89. The van der Waals surface area contributed by atoms with Gasteiger partial charge < -0.3 is 24.5 Å². The Morgan fingerprint density at radius 2 is 1.69 bits per heavy atom. The Balaban J connectivity index is 1.44. The number of benzene rings is 2. The van der Waals surface area contributed by atoms with E-state index in [2.05, 4.69) is 0 Å². The highest BCUT2D eigenvalue weighted by Gasteiger charge is 2.74. The molecule has 0 aliphatic carbocycles. The number of hydrogen-bond donors (Lipinski definition) is 1. The third-order valence-corrected chi connectivity index (χ3v) is 10.9. The van der Waals surface area contributed by atoms with E-state index in [1.165, 1.54) is 16.7 Å². The lowest BCUT2D eigenvalue weighted by Crippen LogP contribution is -2.54. The number of likely N-dealkylation sites (tertiary alicyclic amines) is 1. The zero-order chi connectivity index (χ0) is 29.8. The van der Waals surface area contributed by atoms with E-state index in [1.54, 1.807) is 15.9 Å². The number of aliphatic hydroxyl groups is 1. The number of hydrogen-bond acceptors (Lipinski definition) is 6. The molecule has 8 nitrogen and oxygen atoms in total. The van der Waals surface area contributed by atoms with E-state index in [9.17, 15) is 19.5 Å². The third-order valence-electron chi connectivity index (χ3n) is 8.82. The summed E-state index contributed by atoms with van der Waals surface area (Å²) in [6.45, 7) is 6.68. The Kier molecular flexibility index (Phi) is 7.40. The molecule has 1 N–H and O–H groups in total. The van der Waals surface area contributed by atoms with Crippen molar-refractivity contribution in [3.8, 4) is 5.75 Å². The molecule has 0 radical (unpaired) electrons. The number of aliphatic hydroxyl groups excluding tert-OH is 1.